The minimum absolute atomic E-state index is 0.108. The predicted molar refractivity (Wildman–Crippen MR) is 161 cm³/mol. The van der Waals surface area contributed by atoms with Crippen LogP contribution in [0.2, 0.25) is 0 Å². The molecule has 0 saturated carbocycles. The molecule has 0 aliphatic rings. The van der Waals surface area contributed by atoms with E-state index in [0.29, 0.717) is 12.3 Å². The summed E-state index contributed by atoms with van der Waals surface area (Å²) < 4.78 is 19.1. The van der Waals surface area contributed by atoms with Crippen molar-refractivity contribution in [3.8, 4) is 0 Å². The van der Waals surface area contributed by atoms with E-state index in [1.807, 2.05) is 26.0 Å². The molecule has 9 heteroatoms. The van der Waals surface area contributed by atoms with E-state index < -0.39 is 17.7 Å². The zero-order valence-corrected chi connectivity index (χ0v) is 25.9. The Balaban J connectivity index is 3.27. The summed E-state index contributed by atoms with van der Waals surface area (Å²) >= 11 is 1.34. The van der Waals surface area contributed by atoms with Gasteiger partial charge in [0, 0.05) is 45.2 Å². The third kappa shape index (κ3) is 12.2. The van der Waals surface area contributed by atoms with Crippen LogP contribution in [0.4, 0.5) is 10.5 Å². The van der Waals surface area contributed by atoms with Crippen molar-refractivity contribution in [2.45, 2.75) is 84.3 Å². The molecule has 0 aromatic heterocycles. The fraction of sp³-hybridized carbons (Fsp3) is 0.714. The van der Waals surface area contributed by atoms with E-state index in [9.17, 15) is 9.36 Å². The van der Waals surface area contributed by atoms with E-state index >= 15 is 0 Å². The highest BCUT2D eigenvalue weighted by molar-refractivity contribution is 8.58. The molecule has 0 bridgehead atoms. The maximum Gasteiger partial charge on any atom is 0.415 e. The van der Waals surface area contributed by atoms with Gasteiger partial charge in [0.15, 0.2) is 0 Å². The van der Waals surface area contributed by atoms with Gasteiger partial charge in [-0.15, -0.1) is 0 Å². The van der Waals surface area contributed by atoms with Crippen molar-refractivity contribution in [2.24, 2.45) is 5.16 Å². The van der Waals surface area contributed by atoms with E-state index in [4.69, 9.17) is 9.57 Å². The first kappa shape index (κ1) is 33.4. The molecule has 1 unspecified atom stereocenters. The fourth-order valence-corrected chi connectivity index (χ4v) is 8.17. The standard InChI is InChI=1S/C28H50N3O4PS/c1-8-12-14-16-22-31(23-17-15-13-9-2)25-20-18-24(19-21-25)26(37-36(33,10-3)11-4)27(29-34-7)35-28(32)30(5)6/h18-21,26H,8-17,22-23H2,1-7H3. The Hall–Kier alpha value is -1.66. The number of benzene rings is 1. The number of hydrogen-bond donors (Lipinski definition) is 0. The van der Waals surface area contributed by atoms with Crippen LogP contribution in [-0.4, -0.2) is 63.5 Å². The number of unbranched alkanes of at least 4 members (excludes halogenated alkanes) is 6. The molecule has 0 spiro atoms. The highest BCUT2D eigenvalue weighted by Gasteiger charge is 2.32. The van der Waals surface area contributed by atoms with Crippen LogP contribution < -0.4 is 4.90 Å². The van der Waals surface area contributed by atoms with E-state index in [0.717, 1.165) is 18.7 Å². The summed E-state index contributed by atoms with van der Waals surface area (Å²) in [6.45, 7) is 10.4. The Morgan fingerprint density at radius 1 is 0.919 bits per heavy atom. The molecule has 0 N–H and O–H groups in total. The molecule has 7 nitrogen and oxygen atoms in total. The van der Waals surface area contributed by atoms with Crippen LogP contribution in [-0.2, 0) is 14.1 Å². The zero-order chi connectivity index (χ0) is 27.7. The zero-order valence-electron chi connectivity index (χ0n) is 24.2. The number of ether oxygens (including phenoxy) is 1. The van der Waals surface area contributed by atoms with Crippen LogP contribution >= 0.6 is 17.7 Å². The van der Waals surface area contributed by atoms with Crippen molar-refractivity contribution in [1.29, 1.82) is 0 Å². The molecule has 37 heavy (non-hydrogen) atoms. The molecule has 0 aliphatic heterocycles. The first-order valence-corrected chi connectivity index (χ1v) is 17.4. The molecular formula is C28H50N3O4PS. The summed E-state index contributed by atoms with van der Waals surface area (Å²) in [7, 11) is 4.65. The molecular weight excluding hydrogens is 505 g/mol. The fourth-order valence-electron chi connectivity index (χ4n) is 3.89. The van der Waals surface area contributed by atoms with Gasteiger partial charge < -0.3 is 23.9 Å². The highest BCUT2D eigenvalue weighted by atomic mass is 32.7. The predicted octanol–water partition coefficient (Wildman–Crippen LogP) is 8.40. The molecule has 0 aliphatic carbocycles. The average molecular weight is 556 g/mol. The summed E-state index contributed by atoms with van der Waals surface area (Å²) in [6.07, 6.45) is 7.85. The van der Waals surface area contributed by atoms with Crippen LogP contribution in [0.3, 0.4) is 0 Å². The number of nitrogens with zero attached hydrogens (tertiary/aromatic N) is 3. The molecule has 1 rings (SSSR count). The minimum atomic E-state index is -2.56. The normalized spacial score (nSPS) is 12.8. The lowest BCUT2D eigenvalue weighted by molar-refractivity contribution is 0.156. The van der Waals surface area contributed by atoms with Crippen LogP contribution in [0.1, 0.15) is 89.9 Å². The Morgan fingerprint density at radius 2 is 1.46 bits per heavy atom. The van der Waals surface area contributed by atoms with Crippen LogP contribution in [0.25, 0.3) is 0 Å². The van der Waals surface area contributed by atoms with Crippen LogP contribution in [0.15, 0.2) is 29.4 Å². The Bertz CT molecular complexity index is 828. The van der Waals surface area contributed by atoms with Gasteiger partial charge in [-0.1, -0.05) is 94.9 Å². The number of carbonyl (C=O) groups excluding carboxylic acids is 1. The van der Waals surface area contributed by atoms with Crippen molar-refractivity contribution in [2.75, 3.05) is 51.5 Å². The lowest BCUT2D eigenvalue weighted by Crippen LogP contribution is -2.28. The number of hydrogen-bond acceptors (Lipinski definition) is 7. The van der Waals surface area contributed by atoms with Gasteiger partial charge in [-0.05, 0) is 30.5 Å². The summed E-state index contributed by atoms with van der Waals surface area (Å²) in [5.74, 6) is 0.108. The lowest BCUT2D eigenvalue weighted by Gasteiger charge is -2.27. The number of oxime groups is 1. The molecule has 0 heterocycles. The third-order valence-corrected chi connectivity index (χ3v) is 12.7. The summed E-state index contributed by atoms with van der Waals surface area (Å²) in [5, 5.41) is 3.52. The van der Waals surface area contributed by atoms with Crippen LogP contribution in [0.5, 0.6) is 0 Å². The molecule has 1 amide bonds. The lowest BCUT2D eigenvalue weighted by atomic mass is 10.1. The van der Waals surface area contributed by atoms with Crippen molar-refractivity contribution in [1.82, 2.24) is 4.90 Å². The van der Waals surface area contributed by atoms with E-state index in [1.54, 1.807) is 14.1 Å². The maximum absolute atomic E-state index is 13.5. The number of amides is 1. The van der Waals surface area contributed by atoms with Crippen molar-refractivity contribution >= 4 is 35.4 Å². The summed E-state index contributed by atoms with van der Waals surface area (Å²) in [5.41, 5.74) is 2.07. The Labute approximate surface area is 229 Å². The summed E-state index contributed by atoms with van der Waals surface area (Å²) in [6, 6.07) is 8.35. The Morgan fingerprint density at radius 3 is 1.89 bits per heavy atom. The maximum atomic E-state index is 13.5. The highest BCUT2D eigenvalue weighted by Crippen LogP contribution is 2.63. The van der Waals surface area contributed by atoms with Gasteiger partial charge >= 0.3 is 6.09 Å². The van der Waals surface area contributed by atoms with E-state index in [2.05, 4.69) is 36.0 Å². The second kappa shape index (κ2) is 18.6. The van der Waals surface area contributed by atoms with Gasteiger partial charge in [-0.3, -0.25) is 0 Å². The second-order valence-electron chi connectivity index (χ2n) is 9.51. The van der Waals surface area contributed by atoms with E-state index in [1.165, 1.54) is 80.4 Å². The molecule has 1 aromatic carbocycles. The molecule has 0 radical (unpaired) electrons. The number of anilines is 1. The minimum Gasteiger partial charge on any atom is -0.396 e. The van der Waals surface area contributed by atoms with Gasteiger partial charge in [-0.2, -0.15) is 0 Å². The number of carbonyl (C=O) groups is 1. The van der Waals surface area contributed by atoms with Gasteiger partial charge in [0.1, 0.15) is 18.7 Å². The molecule has 0 saturated heterocycles. The molecule has 0 fully saturated rings. The topological polar surface area (TPSA) is 71.4 Å². The molecule has 1 atom stereocenters. The van der Waals surface area contributed by atoms with E-state index in [-0.39, 0.29) is 5.90 Å². The van der Waals surface area contributed by atoms with Gasteiger partial charge in [0.25, 0.3) is 5.90 Å². The van der Waals surface area contributed by atoms with Gasteiger partial charge in [0.2, 0.25) is 0 Å². The van der Waals surface area contributed by atoms with Gasteiger partial charge in [-0.25, -0.2) is 4.79 Å². The Kier molecular flexibility index (Phi) is 16.7. The molecule has 212 valence electrons. The van der Waals surface area contributed by atoms with Gasteiger partial charge in [0.05, 0.1) is 0 Å². The summed E-state index contributed by atoms with van der Waals surface area (Å²) in [4.78, 5) is 21.2. The molecule has 1 aromatic rings. The van der Waals surface area contributed by atoms with Crippen molar-refractivity contribution in [3.05, 3.63) is 29.8 Å². The third-order valence-electron chi connectivity index (χ3n) is 6.35. The number of rotatable bonds is 18. The smallest absolute Gasteiger partial charge is 0.396 e. The van der Waals surface area contributed by atoms with Crippen LogP contribution in [0, 0.1) is 0 Å². The second-order valence-corrected chi connectivity index (χ2v) is 15.7. The monoisotopic (exact) mass is 555 g/mol. The van der Waals surface area contributed by atoms with Crippen molar-refractivity contribution in [3.63, 3.8) is 0 Å². The first-order valence-electron chi connectivity index (χ1n) is 13.9. The largest absolute Gasteiger partial charge is 0.415 e. The average Bonchev–Trinajstić information content (AvgIpc) is 2.90. The quantitative estimate of drug-likeness (QED) is 0.0595. The SMILES string of the molecule is CCCCCCN(CCCCCC)c1ccc(C(SP(=O)(CC)CC)C(=NOC)OC(=O)N(C)C)cc1. The van der Waals surface area contributed by atoms with Crippen molar-refractivity contribution < 1.29 is 18.9 Å². The first-order chi connectivity index (χ1) is 17.7.